The highest BCUT2D eigenvalue weighted by atomic mass is 35.5. The van der Waals surface area contributed by atoms with Gasteiger partial charge in [-0.15, -0.1) is 11.6 Å². The number of aliphatic hydroxyl groups excluding tert-OH is 2. The number of pyridine rings is 1. The first-order chi connectivity index (χ1) is 27.6. The number of rotatable bonds is 20. The molecule has 3 aromatic rings. The van der Waals surface area contributed by atoms with E-state index in [0.717, 1.165) is 11.1 Å². The summed E-state index contributed by atoms with van der Waals surface area (Å²) >= 11 is 14.4. The lowest BCUT2D eigenvalue weighted by atomic mass is 9.76. The van der Waals surface area contributed by atoms with Crippen LogP contribution in [-0.4, -0.2) is 110 Å². The highest BCUT2D eigenvalue weighted by molar-refractivity contribution is 6.32. The molecule has 0 saturated carbocycles. The Bertz CT molecular complexity index is 2000. The molecule has 312 valence electrons. The van der Waals surface area contributed by atoms with Crippen molar-refractivity contribution < 1.29 is 49.0 Å². The molecule has 5 rings (SSSR count). The third-order valence-corrected chi connectivity index (χ3v) is 11.9. The molecule has 0 radical (unpaired) electrons. The number of aromatic nitrogens is 1. The SMILES string of the molecule is CC(CO)(NCc1cc(Cl)c(OCC2(OCCCN3CCC(CO)(C(=O)O)CC3)C=CC=C(c3ccccc3)[C@@]2(C)Cl)cc1OCc1cncc(C(N)=O)c1)C(=O)O. The van der Waals surface area contributed by atoms with Gasteiger partial charge in [0.2, 0.25) is 5.91 Å². The number of aliphatic carboxylic acids is 2. The molecule has 58 heavy (non-hydrogen) atoms. The van der Waals surface area contributed by atoms with E-state index in [1.54, 1.807) is 18.2 Å². The molecule has 1 saturated heterocycles. The fourth-order valence-electron chi connectivity index (χ4n) is 6.92. The lowest BCUT2D eigenvalue weighted by molar-refractivity contribution is -0.155. The van der Waals surface area contributed by atoms with Crippen molar-refractivity contribution in [3.8, 4) is 11.5 Å². The van der Waals surface area contributed by atoms with Crippen LogP contribution in [0.1, 0.15) is 60.2 Å². The molecular weight excluding hydrogens is 791 g/mol. The number of hydrogen-bond donors (Lipinski definition) is 6. The minimum Gasteiger partial charge on any atom is -0.488 e. The van der Waals surface area contributed by atoms with Crippen LogP contribution < -0.4 is 20.5 Å². The Labute approximate surface area is 347 Å². The number of nitrogens with one attached hydrogen (secondary N) is 1. The minimum absolute atomic E-state index is 0.0481. The molecule has 0 bridgehead atoms. The number of nitrogens with two attached hydrogens (primary N) is 1. The smallest absolute Gasteiger partial charge is 0.326 e. The molecule has 7 N–H and O–H groups in total. The molecule has 1 fully saturated rings. The van der Waals surface area contributed by atoms with Gasteiger partial charge in [0, 0.05) is 49.3 Å². The van der Waals surface area contributed by atoms with Crippen LogP contribution in [-0.2, 0) is 27.5 Å². The van der Waals surface area contributed by atoms with Crippen LogP contribution in [0.4, 0.5) is 0 Å². The van der Waals surface area contributed by atoms with Crippen molar-refractivity contribution >= 4 is 46.6 Å². The van der Waals surface area contributed by atoms with E-state index in [2.05, 4.69) is 15.2 Å². The summed E-state index contributed by atoms with van der Waals surface area (Å²) in [6.45, 7) is 3.91. The number of nitrogens with zero attached hydrogens (tertiary/aromatic N) is 2. The van der Waals surface area contributed by atoms with Crippen molar-refractivity contribution in [3.63, 3.8) is 0 Å². The van der Waals surface area contributed by atoms with E-state index >= 15 is 0 Å². The zero-order valence-electron chi connectivity index (χ0n) is 32.5. The van der Waals surface area contributed by atoms with Crippen LogP contribution in [0.5, 0.6) is 11.5 Å². The highest BCUT2D eigenvalue weighted by Crippen LogP contribution is 2.48. The second-order valence-electron chi connectivity index (χ2n) is 15.0. The first-order valence-electron chi connectivity index (χ1n) is 18.8. The van der Waals surface area contributed by atoms with Crippen molar-refractivity contribution in [3.05, 3.63) is 106 Å². The molecule has 1 aliphatic heterocycles. The summed E-state index contributed by atoms with van der Waals surface area (Å²) < 4.78 is 19.4. The van der Waals surface area contributed by atoms with Gasteiger partial charge in [0.05, 0.1) is 29.2 Å². The van der Waals surface area contributed by atoms with Gasteiger partial charge < -0.3 is 45.3 Å². The number of piperidine rings is 1. The first kappa shape index (κ1) is 44.6. The monoisotopic (exact) mass is 840 g/mol. The van der Waals surface area contributed by atoms with E-state index in [1.807, 2.05) is 55.5 Å². The first-order valence-corrected chi connectivity index (χ1v) is 19.6. The van der Waals surface area contributed by atoms with Crippen molar-refractivity contribution in [2.45, 2.75) is 62.3 Å². The zero-order valence-corrected chi connectivity index (χ0v) is 34.0. The van der Waals surface area contributed by atoms with Crippen LogP contribution in [0.15, 0.2) is 79.2 Å². The maximum atomic E-state index is 11.9. The molecule has 2 aromatic carbocycles. The summed E-state index contributed by atoms with van der Waals surface area (Å²) in [5, 5.41) is 42.1. The van der Waals surface area contributed by atoms with Crippen molar-refractivity contribution in [2.75, 3.05) is 46.1 Å². The molecule has 2 unspecified atom stereocenters. The maximum absolute atomic E-state index is 11.9. The van der Waals surface area contributed by atoms with Gasteiger partial charge in [-0.05, 0) is 75.5 Å². The summed E-state index contributed by atoms with van der Waals surface area (Å²) in [5.41, 5.74) is 4.32. The molecule has 2 heterocycles. The van der Waals surface area contributed by atoms with Gasteiger partial charge in [-0.25, -0.2) is 0 Å². The number of carbonyl (C=O) groups excluding carboxylic acids is 1. The number of primary amides is 1. The zero-order chi connectivity index (χ0) is 42.1. The normalized spacial score (nSPS) is 21.4. The van der Waals surface area contributed by atoms with Gasteiger partial charge >= 0.3 is 11.9 Å². The average Bonchev–Trinajstić information content (AvgIpc) is 3.21. The molecule has 1 aliphatic carbocycles. The molecule has 2 aliphatic rings. The van der Waals surface area contributed by atoms with Crippen molar-refractivity contribution in [2.24, 2.45) is 11.1 Å². The topological polar surface area (TPSA) is 214 Å². The Morgan fingerprint density at radius 3 is 2.40 bits per heavy atom. The van der Waals surface area contributed by atoms with Crippen LogP contribution in [0.3, 0.4) is 0 Å². The number of carboxylic acids is 2. The lowest BCUT2D eigenvalue weighted by Crippen LogP contribution is -2.55. The van der Waals surface area contributed by atoms with E-state index in [4.69, 9.17) is 43.1 Å². The van der Waals surface area contributed by atoms with Crippen molar-refractivity contribution in [1.82, 2.24) is 15.2 Å². The van der Waals surface area contributed by atoms with E-state index in [9.17, 15) is 34.8 Å². The Morgan fingerprint density at radius 1 is 1.03 bits per heavy atom. The summed E-state index contributed by atoms with van der Waals surface area (Å²) in [4.78, 5) is 40.6. The van der Waals surface area contributed by atoms with Gasteiger partial charge in [0.25, 0.3) is 0 Å². The second kappa shape index (κ2) is 19.0. The van der Waals surface area contributed by atoms with Gasteiger partial charge in [-0.2, -0.15) is 0 Å². The number of halogens is 2. The molecule has 14 nitrogen and oxygen atoms in total. The number of carboxylic acid groups (broad SMARTS) is 2. The summed E-state index contributed by atoms with van der Waals surface area (Å²) in [5.74, 6) is -2.41. The van der Waals surface area contributed by atoms with E-state index in [0.29, 0.717) is 50.0 Å². The fourth-order valence-corrected chi connectivity index (χ4v) is 7.50. The lowest BCUT2D eigenvalue weighted by Gasteiger charge is -2.45. The van der Waals surface area contributed by atoms with Gasteiger partial charge in [0.1, 0.15) is 40.7 Å². The van der Waals surface area contributed by atoms with Crippen LogP contribution in [0.25, 0.3) is 5.57 Å². The second-order valence-corrected chi connectivity index (χ2v) is 16.2. The number of likely N-dealkylation sites (tertiary alicyclic amines) is 1. The number of carbonyl (C=O) groups is 3. The third-order valence-electron chi connectivity index (χ3n) is 11.0. The molecule has 1 amide bonds. The Hall–Kier alpha value is -4.54. The number of allylic oxidation sites excluding steroid dienone is 2. The molecular formula is C42H50Cl2N4O10. The van der Waals surface area contributed by atoms with E-state index < -0.39 is 52.5 Å². The summed E-state index contributed by atoms with van der Waals surface area (Å²) in [7, 11) is 0. The maximum Gasteiger partial charge on any atom is 0.326 e. The highest BCUT2D eigenvalue weighted by Gasteiger charge is 2.51. The van der Waals surface area contributed by atoms with Crippen LogP contribution >= 0.6 is 23.2 Å². The predicted molar refractivity (Wildman–Crippen MR) is 218 cm³/mol. The summed E-state index contributed by atoms with van der Waals surface area (Å²) in [6.07, 6.45) is 9.83. The largest absolute Gasteiger partial charge is 0.488 e. The number of amides is 1. The third kappa shape index (κ3) is 10.0. The van der Waals surface area contributed by atoms with E-state index in [1.165, 1.54) is 19.3 Å². The Kier molecular flexibility index (Phi) is 14.6. The standard InChI is InChI=1S/C42H50Cl2N4O10/c1-39(25-49,37(52)53)47-23-30-19-33(43)35(20-34(30)56-24-28-18-31(36(45)51)22-46-21-28)57-27-42(11-6-10-32(40(42,2)44)29-8-4-3-5-9-29)58-17-7-14-48-15-12-41(26-50,13-16-48)38(54)55/h3-6,8-11,18-22,47,49-50H,7,12-17,23-27H2,1-2H3,(H2,45,51)(H,52,53)(H,54,55)/t39?,40-,42?/m1/s1. The number of benzene rings is 2. The number of aliphatic hydroxyl groups is 2. The Morgan fingerprint density at radius 2 is 1.76 bits per heavy atom. The van der Waals surface area contributed by atoms with Crippen LogP contribution in [0, 0.1) is 5.41 Å². The Balaban J connectivity index is 1.40. The fraction of sp³-hybridized carbons (Fsp3) is 0.429. The molecule has 1 aromatic heterocycles. The van der Waals surface area contributed by atoms with Crippen molar-refractivity contribution in [1.29, 1.82) is 0 Å². The average molecular weight is 842 g/mol. The number of hydrogen-bond acceptors (Lipinski definition) is 11. The minimum atomic E-state index is -1.67. The number of ether oxygens (including phenoxy) is 3. The van der Waals surface area contributed by atoms with Gasteiger partial charge in [-0.1, -0.05) is 54.1 Å². The van der Waals surface area contributed by atoms with Gasteiger partial charge in [0.15, 0.2) is 0 Å². The molecule has 0 spiro atoms. The molecule has 16 heteroatoms. The molecule has 3 atom stereocenters. The predicted octanol–water partition coefficient (Wildman–Crippen LogP) is 4.67. The van der Waals surface area contributed by atoms with Gasteiger partial charge in [-0.3, -0.25) is 24.7 Å². The summed E-state index contributed by atoms with van der Waals surface area (Å²) in [6, 6.07) is 14.4. The van der Waals surface area contributed by atoms with Crippen LogP contribution in [0.2, 0.25) is 5.02 Å². The van der Waals surface area contributed by atoms with E-state index in [-0.39, 0.29) is 48.5 Å². The number of alkyl halides is 1. The quantitative estimate of drug-likeness (QED) is 0.0675.